The number of fused-ring (bicyclic) bond motifs is 4. The number of halogens is 2. The minimum Gasteiger partial charge on any atom is -1.00 e. The Bertz CT molecular complexity index is 1280. The van der Waals surface area contributed by atoms with Gasteiger partial charge in [0.25, 0.3) is 0 Å². The largest absolute Gasteiger partial charge is 1.00 e. The molecule has 1 atom stereocenters. The van der Waals surface area contributed by atoms with E-state index in [9.17, 15) is 0 Å². The summed E-state index contributed by atoms with van der Waals surface area (Å²) in [6.07, 6.45) is 10.5. The van der Waals surface area contributed by atoms with Crippen LogP contribution in [0.2, 0.25) is 0 Å². The molecule has 0 bridgehead atoms. The van der Waals surface area contributed by atoms with Gasteiger partial charge in [0, 0.05) is 0 Å². The third-order valence-electron chi connectivity index (χ3n) is 5.85. The van der Waals surface area contributed by atoms with Crippen molar-refractivity contribution in [2.75, 3.05) is 0 Å². The predicted molar refractivity (Wildman–Crippen MR) is 115 cm³/mol. The van der Waals surface area contributed by atoms with Crippen LogP contribution < -0.4 is 24.8 Å². The maximum Gasteiger partial charge on any atom is -1.00 e. The molecule has 6 rings (SSSR count). The zero-order valence-electron chi connectivity index (χ0n) is 16.2. The molecule has 0 radical (unpaired) electrons. The molecule has 0 aliphatic heterocycles. The first kappa shape index (κ1) is 21.4. The minimum absolute atomic E-state index is 0. The zero-order chi connectivity index (χ0) is 18.5. The van der Waals surface area contributed by atoms with Crippen LogP contribution in [0.1, 0.15) is 21.2 Å². The summed E-state index contributed by atoms with van der Waals surface area (Å²) in [7, 11) is 0. The van der Waals surface area contributed by atoms with Gasteiger partial charge in [0.2, 0.25) is 0 Å². The fourth-order valence-electron chi connectivity index (χ4n) is 4.59. The van der Waals surface area contributed by atoms with Gasteiger partial charge in [0.15, 0.2) is 0 Å². The third kappa shape index (κ3) is 3.36. The fourth-order valence-corrected chi connectivity index (χ4v) is 8.47. The Morgan fingerprint density at radius 2 is 1.40 bits per heavy atom. The molecule has 2 aliphatic rings. The second kappa shape index (κ2) is 8.71. The van der Waals surface area contributed by atoms with Crippen molar-refractivity contribution < 1.29 is 48.0 Å². The molecular formula is C26H19Cl2NZr. The van der Waals surface area contributed by atoms with Gasteiger partial charge >= 0.3 is 177 Å². The van der Waals surface area contributed by atoms with Gasteiger partial charge in [0.05, 0.1) is 0 Å². The van der Waals surface area contributed by atoms with Crippen molar-refractivity contribution >= 4 is 33.6 Å². The average Bonchev–Trinajstić information content (AvgIpc) is 3.45. The second-order valence-electron chi connectivity index (χ2n) is 7.47. The molecule has 0 fully saturated rings. The fraction of sp³-hybridized carbons (Fsp3) is 0.0769. The number of nitrogens with zero attached hydrogens (tertiary/aromatic N) is 1. The summed E-state index contributed by atoms with van der Waals surface area (Å²) in [5.41, 5.74) is 7.05. The molecule has 0 N–H and O–H groups in total. The Morgan fingerprint density at radius 1 is 0.767 bits per heavy atom. The van der Waals surface area contributed by atoms with Crippen molar-refractivity contribution in [1.29, 1.82) is 0 Å². The van der Waals surface area contributed by atoms with Gasteiger partial charge in [-0.2, -0.15) is 0 Å². The van der Waals surface area contributed by atoms with Crippen LogP contribution in [0.4, 0.5) is 0 Å². The Balaban J connectivity index is 0.00000109. The summed E-state index contributed by atoms with van der Waals surface area (Å²) in [6, 6.07) is 26.7. The number of hydrogen-bond acceptors (Lipinski definition) is 0. The molecule has 0 amide bonds. The molecule has 1 heterocycles. The summed E-state index contributed by atoms with van der Waals surface area (Å²) in [5.74, 6) is 0. The van der Waals surface area contributed by atoms with E-state index in [2.05, 4.69) is 102 Å². The van der Waals surface area contributed by atoms with E-state index in [1.54, 1.807) is 3.28 Å². The molecule has 2 aliphatic carbocycles. The molecular weight excluding hydrogens is 488 g/mol. The van der Waals surface area contributed by atoms with Crippen LogP contribution in [-0.2, 0) is 23.2 Å². The van der Waals surface area contributed by atoms with Gasteiger partial charge in [0.1, 0.15) is 0 Å². The summed E-state index contributed by atoms with van der Waals surface area (Å²) >= 11 is -0.777. The van der Waals surface area contributed by atoms with Crippen molar-refractivity contribution in [3.05, 3.63) is 105 Å². The Kier molecular flexibility index (Phi) is 6.21. The summed E-state index contributed by atoms with van der Waals surface area (Å²) in [5, 5.41) is 2.70. The zero-order valence-corrected chi connectivity index (χ0v) is 20.2. The van der Waals surface area contributed by atoms with Gasteiger partial charge in [-0.3, -0.25) is 0 Å². The van der Waals surface area contributed by atoms with E-state index in [1.807, 2.05) is 0 Å². The van der Waals surface area contributed by atoms with Crippen LogP contribution in [-0.4, -0.2) is 4.57 Å². The number of benzene rings is 3. The number of hydrogen-bond donors (Lipinski definition) is 0. The summed E-state index contributed by atoms with van der Waals surface area (Å²) in [6.45, 7) is 0. The normalized spacial score (nSPS) is 16.5. The van der Waals surface area contributed by atoms with E-state index in [1.165, 1.54) is 38.6 Å². The summed E-state index contributed by atoms with van der Waals surface area (Å²) < 4.78 is 4.79. The first-order valence-electron chi connectivity index (χ1n) is 9.81. The van der Waals surface area contributed by atoms with Gasteiger partial charge in [-0.25, -0.2) is 0 Å². The van der Waals surface area contributed by atoms with Crippen molar-refractivity contribution in [3.63, 3.8) is 0 Å². The van der Waals surface area contributed by atoms with E-state index < -0.39 is 23.2 Å². The van der Waals surface area contributed by atoms with Crippen LogP contribution in [0.15, 0.2) is 94.3 Å². The number of para-hydroxylation sites is 2. The molecule has 4 heteroatoms. The van der Waals surface area contributed by atoms with Gasteiger partial charge in [-0.1, -0.05) is 0 Å². The van der Waals surface area contributed by atoms with Crippen molar-refractivity contribution in [3.8, 4) is 0 Å². The minimum atomic E-state index is -0.777. The Morgan fingerprint density at radius 3 is 2.07 bits per heavy atom. The molecule has 146 valence electrons. The molecule has 30 heavy (non-hydrogen) atoms. The Labute approximate surface area is 200 Å². The quantitative estimate of drug-likeness (QED) is 0.387. The maximum absolute atomic E-state index is 2.54. The third-order valence-corrected chi connectivity index (χ3v) is 9.87. The molecule has 1 nitrogen and oxygen atoms in total. The van der Waals surface area contributed by atoms with Crippen LogP contribution in [0.25, 0.3) is 33.6 Å². The van der Waals surface area contributed by atoms with Crippen molar-refractivity contribution in [2.45, 2.75) is 10.0 Å². The van der Waals surface area contributed by atoms with Gasteiger partial charge < -0.3 is 24.8 Å². The van der Waals surface area contributed by atoms with E-state index >= 15 is 0 Å². The van der Waals surface area contributed by atoms with Crippen LogP contribution >= 0.6 is 0 Å². The first-order chi connectivity index (χ1) is 13.9. The van der Waals surface area contributed by atoms with Crippen LogP contribution in [0.5, 0.6) is 0 Å². The molecule has 0 saturated carbocycles. The van der Waals surface area contributed by atoms with E-state index in [-0.39, 0.29) is 24.8 Å². The smallest absolute Gasteiger partial charge is 1.00 e. The van der Waals surface area contributed by atoms with Crippen molar-refractivity contribution in [2.24, 2.45) is 0 Å². The van der Waals surface area contributed by atoms with Crippen LogP contribution in [0.3, 0.4) is 0 Å². The second-order valence-corrected chi connectivity index (χ2v) is 11.2. The van der Waals surface area contributed by atoms with E-state index in [0.717, 1.165) is 6.42 Å². The molecule has 0 saturated heterocycles. The van der Waals surface area contributed by atoms with Gasteiger partial charge in [-0.05, 0) is 0 Å². The molecule has 1 unspecified atom stereocenters. The molecule has 3 aromatic carbocycles. The Hall–Kier alpha value is -1.86. The standard InChI is InChI=1S/C21H14N.C5H5.2ClH.Zr/c1-2-8-16-14-17(13-15(16)7-1)22-20-11-5-3-9-18(20)19-10-4-6-12-21(19)22;1-2-4-5-3-1;;;/h1-14H;1-3H,4H2;2*1H;/q;;;;+2/p-2. The number of aromatic nitrogens is 1. The van der Waals surface area contributed by atoms with E-state index in [4.69, 9.17) is 0 Å². The average molecular weight is 508 g/mol. The summed E-state index contributed by atoms with van der Waals surface area (Å²) in [4.78, 5) is 0. The molecule has 0 spiro atoms. The SMILES string of the molecule is C1=CC[C]([Zr+2][CH]2C(n3c4ccccc4c4ccccc43)=Cc3ccccc32)=C1.[Cl-].[Cl-]. The predicted octanol–water partition coefficient (Wildman–Crippen LogP) is 0.782. The number of allylic oxidation sites excluding steroid dienone is 5. The number of rotatable bonds is 3. The molecule has 4 aromatic rings. The molecule has 1 aromatic heterocycles. The first-order valence-corrected chi connectivity index (χ1v) is 12.5. The van der Waals surface area contributed by atoms with Crippen LogP contribution in [0, 0.1) is 0 Å². The monoisotopic (exact) mass is 505 g/mol. The van der Waals surface area contributed by atoms with E-state index in [0.29, 0.717) is 3.63 Å². The topological polar surface area (TPSA) is 4.93 Å². The van der Waals surface area contributed by atoms with Gasteiger partial charge in [-0.15, -0.1) is 0 Å². The maximum atomic E-state index is 2.54. The van der Waals surface area contributed by atoms with Crippen molar-refractivity contribution in [1.82, 2.24) is 4.57 Å².